The topological polar surface area (TPSA) is 51.6 Å². The quantitative estimate of drug-likeness (QED) is 0.862. The van der Waals surface area contributed by atoms with E-state index >= 15 is 0 Å². The molecule has 106 valence electrons. The second-order valence-electron chi connectivity index (χ2n) is 4.53. The number of hydrogen-bond acceptors (Lipinski definition) is 5. The second-order valence-corrected chi connectivity index (χ2v) is 9.42. The van der Waals surface area contributed by atoms with Gasteiger partial charge in [-0.05, 0) is 0 Å². The van der Waals surface area contributed by atoms with Crippen LogP contribution in [-0.2, 0) is 9.05 Å². The molecule has 0 saturated carbocycles. The van der Waals surface area contributed by atoms with E-state index in [2.05, 4.69) is 4.98 Å². The zero-order chi connectivity index (χ0) is 14.1. The minimum absolute atomic E-state index is 0.402. The Hall–Kier alpha value is -0.580. The Morgan fingerprint density at radius 1 is 1.26 bits per heavy atom. The summed E-state index contributed by atoms with van der Waals surface area (Å²) in [6, 6.07) is 5.72. The molecular weight excluding hydrogens is 281 g/mol. The third kappa shape index (κ3) is 2.81. The van der Waals surface area contributed by atoms with Gasteiger partial charge in [-0.2, -0.15) is 0 Å². The summed E-state index contributed by atoms with van der Waals surface area (Å²) >= 11 is 1.64. The first-order valence-electron chi connectivity index (χ1n) is 6.32. The first-order valence-corrected chi connectivity index (χ1v) is 9.61. The number of nitrogens with zero attached hydrogens (tertiary/aromatic N) is 1. The Morgan fingerprint density at radius 2 is 1.89 bits per heavy atom. The zero-order valence-corrected chi connectivity index (χ0v) is 13.4. The minimum atomic E-state index is -3.75. The maximum atomic E-state index is 11.0. The third-order valence-electron chi connectivity index (χ3n) is 2.93. The first-order chi connectivity index (χ1) is 8.88. The number of benzene rings is 1. The molecule has 6 heteroatoms. The van der Waals surface area contributed by atoms with Crippen molar-refractivity contribution in [1.29, 1.82) is 0 Å². The predicted octanol–water partition coefficient (Wildman–Crippen LogP) is 3.22. The van der Waals surface area contributed by atoms with Gasteiger partial charge in [0.15, 0.2) is 0 Å². The summed E-state index contributed by atoms with van der Waals surface area (Å²) in [7, 11) is -3.75. The van der Waals surface area contributed by atoms with Crippen molar-refractivity contribution >= 4 is 34.1 Å². The van der Waals surface area contributed by atoms with Crippen molar-refractivity contribution in [2.24, 2.45) is 0 Å². The van der Waals surface area contributed by atoms with Crippen LogP contribution in [0.25, 0.3) is 10.2 Å². The fourth-order valence-electron chi connectivity index (χ4n) is 2.14. The monoisotopic (exact) mass is 301 g/mol. The van der Waals surface area contributed by atoms with Crippen LogP contribution in [0.5, 0.6) is 0 Å². The number of aryl methyl sites for hydroxylation is 1. The summed E-state index contributed by atoms with van der Waals surface area (Å²) in [5.41, 5.74) is 0.879. The van der Waals surface area contributed by atoms with E-state index in [1.807, 2.05) is 39.0 Å². The Kier molecular flexibility index (Phi) is 3.96. The van der Waals surface area contributed by atoms with Crippen LogP contribution >= 0.6 is 18.6 Å². The van der Waals surface area contributed by atoms with Crippen LogP contribution in [0.2, 0.25) is 0 Å². The summed E-state index contributed by atoms with van der Waals surface area (Å²) in [4.78, 5) is 15.4. The predicted molar refractivity (Wildman–Crippen MR) is 82.3 cm³/mol. The molecule has 19 heavy (non-hydrogen) atoms. The Balaban J connectivity index is 2.55. The Labute approximate surface area is 117 Å². The normalized spacial score (nSPS) is 14.5. The fourth-order valence-corrected chi connectivity index (χ4v) is 5.36. The third-order valence-corrected chi connectivity index (χ3v) is 7.06. The average molecular weight is 301 g/mol. The van der Waals surface area contributed by atoms with Crippen molar-refractivity contribution in [2.75, 3.05) is 19.9 Å². The maximum absolute atomic E-state index is 11.0. The SMILES string of the molecule is CCOP(C)(O)(OCC)c1ccc2sc(C)nc2c1. The van der Waals surface area contributed by atoms with E-state index in [1.54, 1.807) is 18.0 Å². The molecule has 0 spiro atoms. The van der Waals surface area contributed by atoms with Gasteiger partial charge >= 0.3 is 117 Å². The molecule has 0 aliphatic heterocycles. The van der Waals surface area contributed by atoms with Crippen LogP contribution in [0, 0.1) is 6.92 Å². The Bertz CT molecular complexity index is 587. The molecule has 0 amide bonds. The molecule has 0 radical (unpaired) electrons. The van der Waals surface area contributed by atoms with Crippen molar-refractivity contribution in [3.05, 3.63) is 23.2 Å². The standard InChI is InChI=1S/C13H20NO3PS/c1-5-16-18(4,15,17-6-2)11-7-8-13-12(9-11)14-10(3)19-13/h7-9,15H,5-6H2,1-4H3. The number of hydrogen-bond donors (Lipinski definition) is 1. The van der Waals surface area contributed by atoms with Gasteiger partial charge < -0.3 is 0 Å². The molecule has 1 heterocycles. The van der Waals surface area contributed by atoms with Crippen LogP contribution in [0.1, 0.15) is 18.9 Å². The van der Waals surface area contributed by atoms with Crippen LogP contribution in [-0.4, -0.2) is 29.8 Å². The molecule has 0 fully saturated rings. The van der Waals surface area contributed by atoms with Gasteiger partial charge in [-0.15, -0.1) is 0 Å². The van der Waals surface area contributed by atoms with E-state index in [1.165, 1.54) is 0 Å². The molecule has 1 N–H and O–H groups in total. The summed E-state index contributed by atoms with van der Waals surface area (Å²) in [5.74, 6) is 0. The van der Waals surface area contributed by atoms with E-state index < -0.39 is 7.28 Å². The van der Waals surface area contributed by atoms with E-state index in [9.17, 15) is 4.89 Å². The van der Waals surface area contributed by atoms with Gasteiger partial charge in [0, 0.05) is 0 Å². The summed E-state index contributed by atoms with van der Waals surface area (Å²) in [6.45, 7) is 8.15. The van der Waals surface area contributed by atoms with E-state index in [-0.39, 0.29) is 0 Å². The molecule has 0 saturated heterocycles. The van der Waals surface area contributed by atoms with Gasteiger partial charge in [-0.3, -0.25) is 0 Å². The molecule has 4 nitrogen and oxygen atoms in total. The second kappa shape index (κ2) is 5.08. The molecule has 2 aromatic rings. The molecular formula is C13H20NO3PS. The number of aromatic nitrogens is 1. The molecule has 0 bridgehead atoms. The molecule has 0 aliphatic carbocycles. The summed E-state index contributed by atoms with van der Waals surface area (Å²) in [5, 5.41) is 1.70. The van der Waals surface area contributed by atoms with Gasteiger partial charge in [0.05, 0.1) is 0 Å². The molecule has 1 aromatic carbocycles. The van der Waals surface area contributed by atoms with E-state index in [0.29, 0.717) is 18.5 Å². The zero-order valence-electron chi connectivity index (χ0n) is 11.7. The Morgan fingerprint density at radius 3 is 2.47 bits per heavy atom. The van der Waals surface area contributed by atoms with Gasteiger partial charge in [0.1, 0.15) is 0 Å². The number of rotatable bonds is 5. The van der Waals surface area contributed by atoms with Crippen molar-refractivity contribution in [2.45, 2.75) is 20.8 Å². The fraction of sp³-hybridized carbons (Fsp3) is 0.462. The van der Waals surface area contributed by atoms with E-state index in [0.717, 1.165) is 15.2 Å². The molecule has 0 aliphatic rings. The average Bonchev–Trinajstić information content (AvgIpc) is 2.68. The van der Waals surface area contributed by atoms with Crippen LogP contribution in [0.15, 0.2) is 18.2 Å². The van der Waals surface area contributed by atoms with Crippen molar-refractivity contribution < 1.29 is 13.9 Å². The molecule has 2 rings (SSSR count). The van der Waals surface area contributed by atoms with Gasteiger partial charge in [-0.1, -0.05) is 0 Å². The van der Waals surface area contributed by atoms with Crippen LogP contribution < -0.4 is 5.30 Å². The van der Waals surface area contributed by atoms with Crippen LogP contribution in [0.3, 0.4) is 0 Å². The molecule has 0 atom stereocenters. The van der Waals surface area contributed by atoms with Gasteiger partial charge in [-0.25, -0.2) is 0 Å². The van der Waals surface area contributed by atoms with Gasteiger partial charge in [0.25, 0.3) is 0 Å². The van der Waals surface area contributed by atoms with Crippen molar-refractivity contribution in [1.82, 2.24) is 4.98 Å². The summed E-state index contributed by atoms with van der Waals surface area (Å²) in [6.07, 6.45) is 0. The number of fused-ring (bicyclic) bond motifs is 1. The van der Waals surface area contributed by atoms with Crippen molar-refractivity contribution in [3.63, 3.8) is 0 Å². The van der Waals surface area contributed by atoms with Crippen molar-refractivity contribution in [3.8, 4) is 0 Å². The summed E-state index contributed by atoms with van der Waals surface area (Å²) < 4.78 is 12.4. The van der Waals surface area contributed by atoms with Crippen LogP contribution in [0.4, 0.5) is 0 Å². The molecule has 0 unspecified atom stereocenters. The molecule has 1 aromatic heterocycles. The van der Waals surface area contributed by atoms with Gasteiger partial charge in [0.2, 0.25) is 0 Å². The van der Waals surface area contributed by atoms with E-state index in [4.69, 9.17) is 9.05 Å². The first kappa shape index (κ1) is 14.8. The number of thiazole rings is 1.